The molecular formula is C16H14ClN3O. The highest BCUT2D eigenvalue weighted by Gasteiger charge is 2.10. The summed E-state index contributed by atoms with van der Waals surface area (Å²) in [5, 5.41) is 4.64. The Balaban J connectivity index is 2.05. The Morgan fingerprint density at radius 2 is 2.05 bits per heavy atom. The van der Waals surface area contributed by atoms with Crippen LogP contribution in [0.2, 0.25) is 5.02 Å². The summed E-state index contributed by atoms with van der Waals surface area (Å²) in [7, 11) is 1.88. The van der Waals surface area contributed by atoms with Crippen LogP contribution in [0.15, 0.2) is 48.9 Å². The lowest BCUT2D eigenvalue weighted by Gasteiger charge is -2.12. The van der Waals surface area contributed by atoms with Crippen LogP contribution in [0.3, 0.4) is 0 Å². The minimum atomic E-state index is 0.663. The fourth-order valence-corrected chi connectivity index (χ4v) is 2.37. The van der Waals surface area contributed by atoms with E-state index >= 15 is 0 Å². The van der Waals surface area contributed by atoms with Gasteiger partial charge in [-0.2, -0.15) is 0 Å². The Bertz CT molecular complexity index is 776. The molecule has 0 atom stereocenters. The van der Waals surface area contributed by atoms with E-state index in [2.05, 4.69) is 15.3 Å². The smallest absolute Gasteiger partial charge is 0.153 e. The third-order valence-electron chi connectivity index (χ3n) is 3.13. The van der Waals surface area contributed by atoms with Crippen LogP contribution in [0.1, 0.15) is 5.56 Å². The average molecular weight is 300 g/mol. The second-order valence-electron chi connectivity index (χ2n) is 4.56. The van der Waals surface area contributed by atoms with Crippen molar-refractivity contribution in [1.29, 1.82) is 0 Å². The summed E-state index contributed by atoms with van der Waals surface area (Å²) in [5.41, 5.74) is 1.73. The standard InChI is InChI=1S/C16H14ClN3O/c1-18-9-11-10-19-8-6-14(11)21-15-5-4-13(17)12-3-2-7-20-16(12)15/h2-8,10,18H,9H2,1H3. The van der Waals surface area contributed by atoms with Gasteiger partial charge in [0.15, 0.2) is 5.75 Å². The number of nitrogens with one attached hydrogen (secondary N) is 1. The molecule has 4 nitrogen and oxygen atoms in total. The normalized spacial score (nSPS) is 10.8. The molecule has 0 amide bonds. The zero-order chi connectivity index (χ0) is 14.7. The van der Waals surface area contributed by atoms with E-state index in [1.807, 2.05) is 37.4 Å². The molecule has 0 aliphatic carbocycles. The number of halogens is 1. The monoisotopic (exact) mass is 299 g/mol. The van der Waals surface area contributed by atoms with Crippen molar-refractivity contribution < 1.29 is 4.74 Å². The maximum Gasteiger partial charge on any atom is 0.153 e. The Labute approximate surface area is 127 Å². The van der Waals surface area contributed by atoms with E-state index in [-0.39, 0.29) is 0 Å². The van der Waals surface area contributed by atoms with Crippen LogP contribution in [-0.2, 0) is 6.54 Å². The molecule has 5 heteroatoms. The van der Waals surface area contributed by atoms with Crippen LogP contribution in [0.4, 0.5) is 0 Å². The fourth-order valence-electron chi connectivity index (χ4n) is 2.15. The van der Waals surface area contributed by atoms with Gasteiger partial charge in [0.05, 0.1) is 5.02 Å². The molecule has 0 fully saturated rings. The summed E-state index contributed by atoms with van der Waals surface area (Å²) in [6.07, 6.45) is 5.23. The second-order valence-corrected chi connectivity index (χ2v) is 4.97. The van der Waals surface area contributed by atoms with Crippen molar-refractivity contribution in [3.05, 3.63) is 59.5 Å². The number of rotatable bonds is 4. The number of benzene rings is 1. The zero-order valence-corrected chi connectivity index (χ0v) is 12.3. The molecule has 2 heterocycles. The molecular weight excluding hydrogens is 286 g/mol. The van der Waals surface area contributed by atoms with Gasteiger partial charge in [-0.15, -0.1) is 0 Å². The van der Waals surface area contributed by atoms with Crippen LogP contribution < -0.4 is 10.1 Å². The van der Waals surface area contributed by atoms with Crippen LogP contribution >= 0.6 is 11.6 Å². The SMILES string of the molecule is CNCc1cnccc1Oc1ccc(Cl)c2cccnc12. The number of hydrogen-bond donors (Lipinski definition) is 1. The van der Waals surface area contributed by atoms with Crippen LogP contribution in [0, 0.1) is 0 Å². The Morgan fingerprint density at radius 1 is 1.14 bits per heavy atom. The lowest BCUT2D eigenvalue weighted by Crippen LogP contribution is -2.06. The molecule has 0 aliphatic heterocycles. The lowest BCUT2D eigenvalue weighted by atomic mass is 10.2. The first kappa shape index (κ1) is 13.8. The third-order valence-corrected chi connectivity index (χ3v) is 3.46. The van der Waals surface area contributed by atoms with Gasteiger partial charge in [-0.3, -0.25) is 9.97 Å². The van der Waals surface area contributed by atoms with Gasteiger partial charge in [0.25, 0.3) is 0 Å². The highest BCUT2D eigenvalue weighted by Crippen LogP contribution is 2.33. The zero-order valence-electron chi connectivity index (χ0n) is 11.5. The second kappa shape index (κ2) is 6.08. The molecule has 0 saturated carbocycles. The fraction of sp³-hybridized carbons (Fsp3) is 0.125. The molecule has 1 N–H and O–H groups in total. The number of ether oxygens (including phenoxy) is 1. The minimum Gasteiger partial charge on any atom is -0.455 e. The van der Waals surface area contributed by atoms with Crippen molar-refractivity contribution in [2.24, 2.45) is 0 Å². The average Bonchev–Trinajstić information content (AvgIpc) is 2.52. The molecule has 0 aliphatic rings. The van der Waals surface area contributed by atoms with Gasteiger partial charge < -0.3 is 10.1 Å². The Hall–Kier alpha value is -2.17. The highest BCUT2D eigenvalue weighted by molar-refractivity contribution is 6.35. The van der Waals surface area contributed by atoms with Gasteiger partial charge in [0, 0.05) is 36.1 Å². The van der Waals surface area contributed by atoms with E-state index in [9.17, 15) is 0 Å². The number of hydrogen-bond acceptors (Lipinski definition) is 4. The van der Waals surface area contributed by atoms with Crippen molar-refractivity contribution in [3.8, 4) is 11.5 Å². The number of fused-ring (bicyclic) bond motifs is 1. The van der Waals surface area contributed by atoms with Crippen LogP contribution in [0.5, 0.6) is 11.5 Å². The van der Waals surface area contributed by atoms with E-state index < -0.39 is 0 Å². The molecule has 0 unspecified atom stereocenters. The summed E-state index contributed by atoms with van der Waals surface area (Å²) in [5.74, 6) is 1.44. The Kier molecular flexibility index (Phi) is 3.99. The van der Waals surface area contributed by atoms with Gasteiger partial charge in [-0.05, 0) is 37.4 Å². The van der Waals surface area contributed by atoms with Gasteiger partial charge >= 0.3 is 0 Å². The lowest BCUT2D eigenvalue weighted by molar-refractivity contribution is 0.477. The van der Waals surface area contributed by atoms with Crippen LogP contribution in [-0.4, -0.2) is 17.0 Å². The summed E-state index contributed by atoms with van der Waals surface area (Å²) in [6, 6.07) is 9.28. The number of nitrogens with zero attached hydrogens (tertiary/aromatic N) is 2. The highest BCUT2D eigenvalue weighted by atomic mass is 35.5. The van der Waals surface area contributed by atoms with Crippen molar-refractivity contribution in [2.75, 3.05) is 7.05 Å². The van der Waals surface area contributed by atoms with Crippen molar-refractivity contribution in [3.63, 3.8) is 0 Å². The molecule has 21 heavy (non-hydrogen) atoms. The van der Waals surface area contributed by atoms with Crippen molar-refractivity contribution in [1.82, 2.24) is 15.3 Å². The molecule has 3 aromatic rings. The van der Waals surface area contributed by atoms with E-state index in [0.717, 1.165) is 22.2 Å². The predicted molar refractivity (Wildman–Crippen MR) is 83.8 cm³/mol. The van der Waals surface area contributed by atoms with Gasteiger partial charge in [-0.25, -0.2) is 0 Å². The van der Waals surface area contributed by atoms with E-state index in [1.54, 1.807) is 18.6 Å². The predicted octanol–water partition coefficient (Wildman–Crippen LogP) is 3.79. The van der Waals surface area contributed by atoms with Gasteiger partial charge in [0.1, 0.15) is 11.3 Å². The molecule has 0 bridgehead atoms. The van der Waals surface area contributed by atoms with E-state index in [4.69, 9.17) is 16.3 Å². The quantitative estimate of drug-likeness (QED) is 0.796. The van der Waals surface area contributed by atoms with Gasteiger partial charge in [-0.1, -0.05) is 11.6 Å². The maximum absolute atomic E-state index is 6.20. The minimum absolute atomic E-state index is 0.663. The molecule has 2 aromatic heterocycles. The Morgan fingerprint density at radius 3 is 2.90 bits per heavy atom. The number of pyridine rings is 2. The first-order valence-electron chi connectivity index (χ1n) is 6.58. The molecule has 1 aromatic carbocycles. The largest absolute Gasteiger partial charge is 0.455 e. The summed E-state index contributed by atoms with van der Waals surface area (Å²) < 4.78 is 6.03. The molecule has 3 rings (SSSR count). The van der Waals surface area contributed by atoms with E-state index in [0.29, 0.717) is 17.3 Å². The molecule has 0 radical (unpaired) electrons. The first-order valence-corrected chi connectivity index (χ1v) is 6.96. The summed E-state index contributed by atoms with van der Waals surface area (Å²) in [6.45, 7) is 0.683. The number of aromatic nitrogens is 2. The van der Waals surface area contributed by atoms with Crippen molar-refractivity contribution >= 4 is 22.5 Å². The summed E-state index contributed by atoms with van der Waals surface area (Å²) >= 11 is 6.20. The van der Waals surface area contributed by atoms with Crippen LogP contribution in [0.25, 0.3) is 10.9 Å². The molecule has 0 saturated heterocycles. The van der Waals surface area contributed by atoms with Crippen molar-refractivity contribution in [2.45, 2.75) is 6.54 Å². The van der Waals surface area contributed by atoms with E-state index in [1.165, 1.54) is 0 Å². The maximum atomic E-state index is 6.20. The first-order chi connectivity index (χ1) is 10.3. The van der Waals surface area contributed by atoms with Gasteiger partial charge in [0.2, 0.25) is 0 Å². The molecule has 106 valence electrons. The summed E-state index contributed by atoms with van der Waals surface area (Å²) in [4.78, 5) is 8.50. The topological polar surface area (TPSA) is 47.0 Å². The molecule has 0 spiro atoms. The third kappa shape index (κ3) is 2.82.